The van der Waals surface area contributed by atoms with Crippen LogP contribution in [0.15, 0.2) is 47.7 Å². The summed E-state index contributed by atoms with van der Waals surface area (Å²) in [4.78, 5) is 26.9. The van der Waals surface area contributed by atoms with Gasteiger partial charge < -0.3 is 10.6 Å². The van der Waals surface area contributed by atoms with E-state index in [0.29, 0.717) is 13.1 Å². The van der Waals surface area contributed by atoms with Gasteiger partial charge in [0, 0.05) is 31.0 Å². The Kier molecular flexibility index (Phi) is 4.49. The van der Waals surface area contributed by atoms with Crippen LogP contribution in [0, 0.1) is 6.92 Å². The van der Waals surface area contributed by atoms with Crippen molar-refractivity contribution < 1.29 is 4.79 Å². The topological polar surface area (TPSA) is 76.0 Å². The van der Waals surface area contributed by atoms with Crippen molar-refractivity contribution in [3.63, 3.8) is 0 Å². The summed E-state index contributed by atoms with van der Waals surface area (Å²) in [6.07, 6.45) is 2.89. The number of nitrogens with one attached hydrogen (secondary N) is 2. The van der Waals surface area contributed by atoms with E-state index in [1.165, 1.54) is 23.2 Å². The predicted octanol–water partition coefficient (Wildman–Crippen LogP) is 1.37. The van der Waals surface area contributed by atoms with Crippen LogP contribution in [0.5, 0.6) is 0 Å². The van der Waals surface area contributed by atoms with Crippen LogP contribution in [0.4, 0.5) is 10.5 Å². The van der Waals surface area contributed by atoms with Crippen molar-refractivity contribution in [2.45, 2.75) is 13.5 Å². The number of benzene rings is 1. The number of rotatable bonds is 4. The smallest absolute Gasteiger partial charge is 0.319 e. The van der Waals surface area contributed by atoms with E-state index in [1.54, 1.807) is 0 Å². The van der Waals surface area contributed by atoms with E-state index in [-0.39, 0.29) is 11.6 Å². The summed E-state index contributed by atoms with van der Waals surface area (Å²) in [6.45, 7) is 2.69. The lowest BCUT2D eigenvalue weighted by Gasteiger charge is -2.09. The van der Waals surface area contributed by atoms with Crippen molar-refractivity contribution in [1.82, 2.24) is 14.9 Å². The molecule has 0 atom stereocenters. The molecule has 2 N–H and O–H groups in total. The first-order valence-corrected chi connectivity index (χ1v) is 6.27. The van der Waals surface area contributed by atoms with E-state index in [2.05, 4.69) is 15.6 Å². The Morgan fingerprint density at radius 1 is 1.35 bits per heavy atom. The monoisotopic (exact) mass is 272 g/mol. The number of amides is 2. The van der Waals surface area contributed by atoms with Crippen LogP contribution in [0.1, 0.15) is 5.56 Å². The van der Waals surface area contributed by atoms with Gasteiger partial charge in [-0.05, 0) is 24.6 Å². The lowest BCUT2D eigenvalue weighted by Crippen LogP contribution is -2.33. The van der Waals surface area contributed by atoms with Gasteiger partial charge in [0.15, 0.2) is 0 Å². The molecule has 0 aliphatic heterocycles. The number of hydrogen-bond donors (Lipinski definition) is 2. The maximum absolute atomic E-state index is 11.7. The Hall–Kier alpha value is -2.63. The van der Waals surface area contributed by atoms with Crippen molar-refractivity contribution >= 4 is 11.7 Å². The minimum atomic E-state index is -0.299. The number of carbonyl (C=O) groups excluding carboxylic acids is 1. The van der Waals surface area contributed by atoms with Crippen LogP contribution in [0.25, 0.3) is 0 Å². The number of urea groups is 1. The zero-order valence-electron chi connectivity index (χ0n) is 11.2. The van der Waals surface area contributed by atoms with Crippen LogP contribution < -0.4 is 16.2 Å². The van der Waals surface area contributed by atoms with Gasteiger partial charge in [0.25, 0.3) is 5.56 Å². The predicted molar refractivity (Wildman–Crippen MR) is 76.7 cm³/mol. The molecule has 1 aromatic heterocycles. The first kappa shape index (κ1) is 13.8. The second-order valence-electron chi connectivity index (χ2n) is 4.36. The number of hydrogen-bond acceptors (Lipinski definition) is 3. The molecule has 1 heterocycles. The van der Waals surface area contributed by atoms with Crippen molar-refractivity contribution in [2.24, 2.45) is 0 Å². The largest absolute Gasteiger partial charge is 0.336 e. The molecule has 0 aliphatic rings. The fourth-order valence-electron chi connectivity index (χ4n) is 1.73. The van der Waals surface area contributed by atoms with Crippen LogP contribution in [0.3, 0.4) is 0 Å². The fraction of sp³-hybridized carbons (Fsp3) is 0.214. The molecule has 20 heavy (non-hydrogen) atoms. The van der Waals surface area contributed by atoms with Gasteiger partial charge >= 0.3 is 6.03 Å². The number of aromatic nitrogens is 2. The molecule has 2 aromatic rings. The molecule has 1 aromatic carbocycles. The molecule has 104 valence electrons. The van der Waals surface area contributed by atoms with E-state index in [0.717, 1.165) is 11.3 Å². The third kappa shape index (κ3) is 3.94. The van der Waals surface area contributed by atoms with Crippen LogP contribution in [0.2, 0.25) is 0 Å². The summed E-state index contributed by atoms with van der Waals surface area (Å²) in [5.74, 6) is 0. The highest BCUT2D eigenvalue weighted by Crippen LogP contribution is 2.08. The van der Waals surface area contributed by atoms with E-state index in [1.807, 2.05) is 31.2 Å². The third-order valence-corrected chi connectivity index (χ3v) is 2.71. The number of anilines is 1. The Morgan fingerprint density at radius 2 is 2.20 bits per heavy atom. The highest BCUT2D eigenvalue weighted by molar-refractivity contribution is 5.89. The molecule has 0 saturated carbocycles. The van der Waals surface area contributed by atoms with Crippen molar-refractivity contribution in [1.29, 1.82) is 0 Å². The molecule has 0 bridgehead atoms. The second kappa shape index (κ2) is 6.51. The average Bonchev–Trinajstić information content (AvgIpc) is 2.41. The van der Waals surface area contributed by atoms with Gasteiger partial charge in [-0.2, -0.15) is 0 Å². The Labute approximate surface area is 116 Å². The number of aryl methyl sites for hydroxylation is 1. The van der Waals surface area contributed by atoms with E-state index < -0.39 is 0 Å². The first-order chi connectivity index (χ1) is 9.65. The van der Waals surface area contributed by atoms with Gasteiger partial charge in [-0.3, -0.25) is 9.36 Å². The lowest BCUT2D eigenvalue weighted by molar-refractivity contribution is 0.251. The molecule has 0 fully saturated rings. The minimum absolute atomic E-state index is 0.138. The first-order valence-electron chi connectivity index (χ1n) is 6.27. The Bertz CT molecular complexity index is 651. The molecule has 0 saturated heterocycles. The van der Waals surface area contributed by atoms with Crippen LogP contribution in [-0.2, 0) is 6.54 Å². The molecule has 0 radical (unpaired) electrons. The average molecular weight is 272 g/mol. The second-order valence-corrected chi connectivity index (χ2v) is 4.36. The normalized spacial score (nSPS) is 10.1. The fourth-order valence-corrected chi connectivity index (χ4v) is 1.73. The van der Waals surface area contributed by atoms with Crippen LogP contribution in [-0.4, -0.2) is 22.1 Å². The summed E-state index contributed by atoms with van der Waals surface area (Å²) < 4.78 is 1.44. The lowest BCUT2D eigenvalue weighted by atomic mass is 10.2. The molecule has 2 amide bonds. The molecular formula is C14H16N4O2. The summed E-state index contributed by atoms with van der Waals surface area (Å²) in [5, 5.41) is 5.42. The SMILES string of the molecule is Cc1cccc(NC(=O)NCCn2cnccc2=O)c1. The number of carbonyl (C=O) groups is 1. The Morgan fingerprint density at radius 3 is 2.95 bits per heavy atom. The minimum Gasteiger partial charge on any atom is -0.336 e. The highest BCUT2D eigenvalue weighted by atomic mass is 16.2. The molecule has 2 rings (SSSR count). The zero-order chi connectivity index (χ0) is 14.4. The third-order valence-electron chi connectivity index (χ3n) is 2.71. The molecule has 6 heteroatoms. The molecule has 0 spiro atoms. The number of nitrogens with zero attached hydrogens (tertiary/aromatic N) is 2. The van der Waals surface area contributed by atoms with E-state index >= 15 is 0 Å². The van der Waals surface area contributed by atoms with Gasteiger partial charge in [0.2, 0.25) is 0 Å². The standard InChI is InChI=1S/C14H16N4O2/c1-11-3-2-4-12(9-11)17-14(20)16-7-8-18-10-15-6-5-13(18)19/h2-6,9-10H,7-8H2,1H3,(H2,16,17,20). The zero-order valence-corrected chi connectivity index (χ0v) is 11.2. The van der Waals surface area contributed by atoms with Gasteiger partial charge in [-0.25, -0.2) is 9.78 Å². The summed E-state index contributed by atoms with van der Waals surface area (Å²) in [6, 6.07) is 8.61. The van der Waals surface area contributed by atoms with Gasteiger partial charge in [-0.1, -0.05) is 12.1 Å². The maximum Gasteiger partial charge on any atom is 0.319 e. The molecule has 6 nitrogen and oxygen atoms in total. The summed E-state index contributed by atoms with van der Waals surface area (Å²) in [5.41, 5.74) is 1.67. The quantitative estimate of drug-likeness (QED) is 0.882. The molecule has 0 unspecified atom stereocenters. The van der Waals surface area contributed by atoms with Gasteiger partial charge in [-0.15, -0.1) is 0 Å². The molecular weight excluding hydrogens is 256 g/mol. The van der Waals surface area contributed by atoms with Crippen LogP contribution >= 0.6 is 0 Å². The highest BCUT2D eigenvalue weighted by Gasteiger charge is 2.01. The summed E-state index contributed by atoms with van der Waals surface area (Å²) >= 11 is 0. The van der Waals surface area contributed by atoms with E-state index in [4.69, 9.17) is 0 Å². The maximum atomic E-state index is 11.7. The van der Waals surface area contributed by atoms with Crippen molar-refractivity contribution in [3.8, 4) is 0 Å². The van der Waals surface area contributed by atoms with Gasteiger partial charge in [0.1, 0.15) is 0 Å². The van der Waals surface area contributed by atoms with Crippen molar-refractivity contribution in [3.05, 3.63) is 58.8 Å². The summed E-state index contributed by atoms with van der Waals surface area (Å²) in [7, 11) is 0. The Balaban J connectivity index is 1.81. The molecule has 0 aliphatic carbocycles. The van der Waals surface area contributed by atoms with Crippen molar-refractivity contribution in [2.75, 3.05) is 11.9 Å². The van der Waals surface area contributed by atoms with E-state index in [9.17, 15) is 9.59 Å². The van der Waals surface area contributed by atoms with Gasteiger partial charge in [0.05, 0.1) is 6.33 Å².